The Bertz CT molecular complexity index is 1000. The highest BCUT2D eigenvalue weighted by atomic mass is 16.5. The van der Waals surface area contributed by atoms with Crippen LogP contribution in [0.1, 0.15) is 17.2 Å². The number of nitrogens with zero attached hydrogens (tertiary/aromatic N) is 1. The zero-order valence-corrected chi connectivity index (χ0v) is 13.7. The number of rotatable bonds is 5. The lowest BCUT2D eigenvalue weighted by molar-refractivity contribution is 0.251. The lowest BCUT2D eigenvalue weighted by Crippen LogP contribution is -1.97. The van der Waals surface area contributed by atoms with E-state index in [9.17, 15) is 0 Å². The van der Waals surface area contributed by atoms with Gasteiger partial charge in [-0.15, -0.1) is 0 Å². The summed E-state index contributed by atoms with van der Waals surface area (Å²) in [5, 5.41) is 10.1. The fourth-order valence-electron chi connectivity index (χ4n) is 2.65. The van der Waals surface area contributed by atoms with Gasteiger partial charge in [0.25, 0.3) is 0 Å². The highest BCUT2D eigenvalue weighted by Crippen LogP contribution is 2.26. The van der Waals surface area contributed by atoms with Crippen molar-refractivity contribution in [2.75, 3.05) is 0 Å². The van der Waals surface area contributed by atoms with Crippen LogP contribution in [0, 0.1) is 6.92 Å². The highest BCUT2D eigenvalue weighted by Gasteiger charge is 2.12. The summed E-state index contributed by atoms with van der Waals surface area (Å²) in [6.07, 6.45) is 0. The Morgan fingerprint density at radius 3 is 2.68 bits per heavy atom. The van der Waals surface area contributed by atoms with Gasteiger partial charge in [-0.2, -0.15) is 0 Å². The smallest absolute Gasteiger partial charge is 0.226 e. The molecule has 5 nitrogen and oxygen atoms in total. The van der Waals surface area contributed by atoms with E-state index in [1.54, 1.807) is 0 Å². The average Bonchev–Trinajstić information content (AvgIpc) is 3.23. The van der Waals surface area contributed by atoms with Crippen molar-refractivity contribution >= 4 is 11.0 Å². The number of benzene rings is 2. The minimum atomic E-state index is -0.120. The molecule has 0 amide bonds. The second kappa shape index (κ2) is 6.45. The number of hydrogen-bond acceptors (Lipinski definition) is 5. The molecule has 4 aromatic rings. The van der Waals surface area contributed by atoms with E-state index in [0.717, 1.165) is 22.4 Å². The molecule has 0 aliphatic rings. The normalized spacial score (nSPS) is 11.1. The van der Waals surface area contributed by atoms with Crippen LogP contribution in [0.4, 0.5) is 0 Å². The predicted molar refractivity (Wildman–Crippen MR) is 93.1 cm³/mol. The van der Waals surface area contributed by atoms with E-state index in [1.807, 2.05) is 61.5 Å². The zero-order valence-electron chi connectivity index (χ0n) is 13.7. The van der Waals surface area contributed by atoms with Gasteiger partial charge in [0, 0.05) is 17.0 Å². The van der Waals surface area contributed by atoms with Gasteiger partial charge in [0.1, 0.15) is 41.8 Å². The number of aromatic nitrogens is 1. The maximum absolute atomic E-state index is 9.14. The zero-order chi connectivity index (χ0) is 17.2. The number of oxazole rings is 1. The molecule has 4 rings (SSSR count). The van der Waals surface area contributed by atoms with Gasteiger partial charge < -0.3 is 18.7 Å². The fraction of sp³-hybridized carbons (Fsp3) is 0.150. The summed E-state index contributed by atoms with van der Waals surface area (Å²) in [5.41, 5.74) is 2.38. The molecule has 2 heterocycles. The van der Waals surface area contributed by atoms with Crippen molar-refractivity contribution in [1.29, 1.82) is 0 Å². The SMILES string of the molecule is Cc1oc(-c2ccccc2)nc1COc1ccc2cc(CO)oc2c1. The maximum atomic E-state index is 9.14. The summed E-state index contributed by atoms with van der Waals surface area (Å²) in [4.78, 5) is 4.53. The second-order valence-electron chi connectivity index (χ2n) is 5.75. The molecular weight excluding hydrogens is 318 g/mol. The first-order valence-electron chi connectivity index (χ1n) is 8.01. The first kappa shape index (κ1) is 15.5. The molecule has 0 radical (unpaired) electrons. The monoisotopic (exact) mass is 335 g/mol. The summed E-state index contributed by atoms with van der Waals surface area (Å²) < 4.78 is 17.1. The van der Waals surface area contributed by atoms with Crippen LogP contribution in [0.25, 0.3) is 22.4 Å². The molecule has 2 aromatic carbocycles. The van der Waals surface area contributed by atoms with Crippen LogP contribution in [0.15, 0.2) is 63.4 Å². The van der Waals surface area contributed by atoms with Crippen molar-refractivity contribution in [1.82, 2.24) is 4.98 Å². The Morgan fingerprint density at radius 2 is 1.88 bits per heavy atom. The topological polar surface area (TPSA) is 68.6 Å². The van der Waals surface area contributed by atoms with Crippen molar-refractivity contribution < 1.29 is 18.7 Å². The third kappa shape index (κ3) is 3.14. The van der Waals surface area contributed by atoms with Crippen molar-refractivity contribution in [3.05, 3.63) is 71.8 Å². The van der Waals surface area contributed by atoms with Crippen molar-refractivity contribution in [2.45, 2.75) is 20.1 Å². The molecule has 0 saturated heterocycles. The van der Waals surface area contributed by atoms with Crippen LogP contribution in [0.5, 0.6) is 5.75 Å². The summed E-state index contributed by atoms with van der Waals surface area (Å²) in [7, 11) is 0. The van der Waals surface area contributed by atoms with Crippen LogP contribution >= 0.6 is 0 Å². The Kier molecular flexibility index (Phi) is 3.99. The molecule has 0 aliphatic carbocycles. The molecule has 25 heavy (non-hydrogen) atoms. The molecule has 2 aromatic heterocycles. The number of ether oxygens (including phenoxy) is 1. The van der Waals surface area contributed by atoms with E-state index < -0.39 is 0 Å². The minimum Gasteiger partial charge on any atom is -0.487 e. The van der Waals surface area contributed by atoms with Gasteiger partial charge in [-0.05, 0) is 37.3 Å². The number of fused-ring (bicyclic) bond motifs is 1. The molecule has 0 bridgehead atoms. The molecule has 5 heteroatoms. The van der Waals surface area contributed by atoms with Crippen LogP contribution < -0.4 is 4.74 Å². The van der Waals surface area contributed by atoms with E-state index in [4.69, 9.17) is 18.7 Å². The van der Waals surface area contributed by atoms with E-state index in [2.05, 4.69) is 4.98 Å². The van der Waals surface area contributed by atoms with E-state index in [-0.39, 0.29) is 6.61 Å². The number of aryl methyl sites for hydroxylation is 1. The molecule has 1 N–H and O–H groups in total. The average molecular weight is 335 g/mol. The van der Waals surface area contributed by atoms with Crippen molar-refractivity contribution in [3.8, 4) is 17.2 Å². The molecular formula is C20H17NO4. The molecule has 0 unspecified atom stereocenters. The lowest BCUT2D eigenvalue weighted by Gasteiger charge is -2.04. The summed E-state index contributed by atoms with van der Waals surface area (Å²) in [6.45, 7) is 2.06. The van der Waals surface area contributed by atoms with Gasteiger partial charge >= 0.3 is 0 Å². The Hall–Kier alpha value is -3.05. The van der Waals surface area contributed by atoms with E-state index >= 15 is 0 Å². The van der Waals surface area contributed by atoms with Crippen molar-refractivity contribution in [2.24, 2.45) is 0 Å². The van der Waals surface area contributed by atoms with Gasteiger partial charge in [-0.3, -0.25) is 0 Å². The molecule has 0 spiro atoms. The van der Waals surface area contributed by atoms with E-state index in [1.165, 1.54) is 0 Å². The summed E-state index contributed by atoms with van der Waals surface area (Å²) in [6, 6.07) is 17.2. The molecule has 0 fully saturated rings. The molecule has 0 saturated carbocycles. The molecule has 0 aliphatic heterocycles. The third-order valence-electron chi connectivity index (χ3n) is 3.99. The van der Waals surface area contributed by atoms with Crippen LogP contribution in [0.2, 0.25) is 0 Å². The number of aliphatic hydroxyl groups excluding tert-OH is 1. The Labute approximate surface area is 144 Å². The first-order valence-corrected chi connectivity index (χ1v) is 8.01. The number of aliphatic hydroxyl groups is 1. The third-order valence-corrected chi connectivity index (χ3v) is 3.99. The standard InChI is InChI=1S/C20H17NO4/c1-13-18(21-20(24-13)14-5-3-2-4-6-14)12-23-16-8-7-15-9-17(11-22)25-19(15)10-16/h2-10,22H,11-12H2,1H3. The minimum absolute atomic E-state index is 0.120. The molecule has 0 atom stereocenters. The highest BCUT2D eigenvalue weighted by molar-refractivity contribution is 5.79. The van der Waals surface area contributed by atoms with Crippen LogP contribution in [-0.4, -0.2) is 10.1 Å². The van der Waals surface area contributed by atoms with Crippen LogP contribution in [-0.2, 0) is 13.2 Å². The van der Waals surface area contributed by atoms with Crippen molar-refractivity contribution in [3.63, 3.8) is 0 Å². The Balaban J connectivity index is 1.52. The van der Waals surface area contributed by atoms with Gasteiger partial charge in [-0.1, -0.05) is 18.2 Å². The maximum Gasteiger partial charge on any atom is 0.226 e. The summed E-state index contributed by atoms with van der Waals surface area (Å²) in [5.74, 6) is 2.54. The Morgan fingerprint density at radius 1 is 1.04 bits per heavy atom. The van der Waals surface area contributed by atoms with Gasteiger partial charge in [0.05, 0.1) is 0 Å². The fourth-order valence-corrected chi connectivity index (χ4v) is 2.65. The molecule has 126 valence electrons. The van der Waals surface area contributed by atoms with Gasteiger partial charge in [-0.25, -0.2) is 4.98 Å². The predicted octanol–water partition coefficient (Wildman–Crippen LogP) is 4.47. The van der Waals surface area contributed by atoms with Gasteiger partial charge in [0.2, 0.25) is 5.89 Å². The number of hydrogen-bond donors (Lipinski definition) is 1. The van der Waals surface area contributed by atoms with Crippen LogP contribution in [0.3, 0.4) is 0 Å². The largest absolute Gasteiger partial charge is 0.487 e. The quantitative estimate of drug-likeness (QED) is 0.583. The summed E-state index contributed by atoms with van der Waals surface area (Å²) >= 11 is 0. The first-order chi connectivity index (χ1) is 12.2. The lowest BCUT2D eigenvalue weighted by atomic mass is 10.2. The van der Waals surface area contributed by atoms with Gasteiger partial charge in [0.15, 0.2) is 0 Å². The number of furan rings is 1. The van der Waals surface area contributed by atoms with E-state index in [0.29, 0.717) is 29.6 Å². The second-order valence-corrected chi connectivity index (χ2v) is 5.75.